The van der Waals surface area contributed by atoms with Gasteiger partial charge in [0.15, 0.2) is 5.78 Å². The molecule has 3 nitrogen and oxygen atoms in total. The van der Waals surface area contributed by atoms with Gasteiger partial charge in [0.2, 0.25) is 5.91 Å². The highest BCUT2D eigenvalue weighted by molar-refractivity contribution is 6.21. The summed E-state index contributed by atoms with van der Waals surface area (Å²) in [5, 5.41) is 0.778. The minimum Gasteiger partial charge on any atom is -0.294 e. The number of hydrogen-bond donors (Lipinski definition) is 0. The van der Waals surface area contributed by atoms with Crippen molar-refractivity contribution < 1.29 is 9.59 Å². The molecule has 0 N–H and O–H groups in total. The molecule has 0 amide bonds. The van der Waals surface area contributed by atoms with Crippen LogP contribution < -0.4 is 0 Å². The lowest BCUT2D eigenvalue weighted by atomic mass is 10.1. The lowest BCUT2D eigenvalue weighted by Crippen LogP contribution is -2.09. The van der Waals surface area contributed by atoms with Crippen LogP contribution in [0.5, 0.6) is 0 Å². The molecule has 0 unspecified atom stereocenters. The smallest absolute Gasteiger partial charge is 0.232 e. The molecule has 100 valence electrons. The fourth-order valence-electron chi connectivity index (χ4n) is 2.03. The van der Waals surface area contributed by atoms with Gasteiger partial charge >= 0.3 is 0 Å². The molecule has 0 atom stereocenters. The Morgan fingerprint density at radius 1 is 1.05 bits per heavy atom. The van der Waals surface area contributed by atoms with Crippen LogP contribution >= 0.6 is 23.2 Å². The fraction of sp³-hybridized carbons (Fsp3) is 0.286. The van der Waals surface area contributed by atoms with Gasteiger partial charge in [-0.1, -0.05) is 18.2 Å². The van der Waals surface area contributed by atoms with E-state index in [0.29, 0.717) is 5.56 Å². The summed E-state index contributed by atoms with van der Waals surface area (Å²) in [7, 11) is 0. The average molecular weight is 298 g/mol. The van der Waals surface area contributed by atoms with Crippen LogP contribution in [0.15, 0.2) is 30.5 Å². The van der Waals surface area contributed by atoms with Crippen LogP contribution in [0.4, 0.5) is 0 Å². The van der Waals surface area contributed by atoms with Gasteiger partial charge in [0.1, 0.15) is 0 Å². The average Bonchev–Trinajstić information content (AvgIpc) is 2.79. The Labute approximate surface area is 121 Å². The molecule has 0 fully saturated rings. The normalized spacial score (nSPS) is 10.8. The monoisotopic (exact) mass is 297 g/mol. The van der Waals surface area contributed by atoms with E-state index in [0.717, 1.165) is 10.9 Å². The van der Waals surface area contributed by atoms with Gasteiger partial charge in [0.25, 0.3) is 0 Å². The Kier molecular flexibility index (Phi) is 4.61. The Morgan fingerprint density at radius 2 is 1.74 bits per heavy atom. The van der Waals surface area contributed by atoms with Crippen LogP contribution in [0.2, 0.25) is 0 Å². The van der Waals surface area contributed by atoms with Gasteiger partial charge in [0, 0.05) is 41.7 Å². The molecular weight excluding hydrogens is 285 g/mol. The van der Waals surface area contributed by atoms with E-state index >= 15 is 0 Å². The van der Waals surface area contributed by atoms with Gasteiger partial charge in [-0.3, -0.25) is 14.2 Å². The number of fused-ring (bicyclic) bond motifs is 1. The fourth-order valence-corrected chi connectivity index (χ4v) is 2.36. The summed E-state index contributed by atoms with van der Waals surface area (Å²) >= 11 is 11.2. The molecule has 1 aromatic carbocycles. The number of para-hydroxylation sites is 1. The SMILES string of the molecule is O=C(CCCl)c1cn(C(=O)CCCl)c2ccccc12. The zero-order valence-corrected chi connectivity index (χ0v) is 11.7. The number of halogens is 2. The molecule has 2 rings (SSSR count). The summed E-state index contributed by atoms with van der Waals surface area (Å²) in [6.07, 6.45) is 2.09. The van der Waals surface area contributed by atoms with Crippen LogP contribution in [0.25, 0.3) is 10.9 Å². The standard InChI is InChI=1S/C14H13Cl2NO2/c15-7-5-13(18)11-9-17(14(19)6-8-16)12-4-2-1-3-10(11)12/h1-4,9H,5-8H2. The number of hydrogen-bond acceptors (Lipinski definition) is 2. The summed E-state index contributed by atoms with van der Waals surface area (Å²) in [6.45, 7) is 0. The molecule has 1 aromatic heterocycles. The largest absolute Gasteiger partial charge is 0.294 e. The topological polar surface area (TPSA) is 39.1 Å². The summed E-state index contributed by atoms with van der Waals surface area (Å²) in [6, 6.07) is 7.33. The zero-order valence-electron chi connectivity index (χ0n) is 10.2. The first-order valence-electron chi connectivity index (χ1n) is 5.97. The van der Waals surface area contributed by atoms with Crippen molar-refractivity contribution >= 4 is 45.8 Å². The van der Waals surface area contributed by atoms with Gasteiger partial charge in [-0.2, -0.15) is 0 Å². The molecule has 5 heteroatoms. The predicted octanol–water partition coefficient (Wildman–Crippen LogP) is 3.72. The van der Waals surface area contributed by atoms with Crippen LogP contribution in [0.3, 0.4) is 0 Å². The first-order chi connectivity index (χ1) is 9.19. The highest BCUT2D eigenvalue weighted by atomic mass is 35.5. The second kappa shape index (κ2) is 6.22. The summed E-state index contributed by atoms with van der Waals surface area (Å²) in [5.41, 5.74) is 1.27. The summed E-state index contributed by atoms with van der Waals surface area (Å²) in [4.78, 5) is 24.0. The van der Waals surface area contributed by atoms with E-state index in [1.54, 1.807) is 6.20 Å². The number of benzene rings is 1. The number of nitrogens with zero attached hydrogens (tertiary/aromatic N) is 1. The van der Waals surface area contributed by atoms with E-state index in [1.807, 2.05) is 24.3 Å². The summed E-state index contributed by atoms with van der Waals surface area (Å²) < 4.78 is 1.50. The van der Waals surface area contributed by atoms with E-state index in [-0.39, 0.29) is 36.3 Å². The molecule has 0 radical (unpaired) electrons. The quantitative estimate of drug-likeness (QED) is 0.623. The predicted molar refractivity (Wildman–Crippen MR) is 77.6 cm³/mol. The van der Waals surface area contributed by atoms with E-state index in [9.17, 15) is 9.59 Å². The van der Waals surface area contributed by atoms with Crippen molar-refractivity contribution in [1.29, 1.82) is 0 Å². The van der Waals surface area contributed by atoms with Gasteiger partial charge in [-0.25, -0.2) is 0 Å². The number of Topliss-reactive ketones (excluding diaryl/α,β-unsaturated/α-hetero) is 1. The molecule has 1 heterocycles. The number of alkyl halides is 2. The maximum atomic E-state index is 12.0. The van der Waals surface area contributed by atoms with Crippen molar-refractivity contribution in [3.8, 4) is 0 Å². The lowest BCUT2D eigenvalue weighted by Gasteiger charge is -2.01. The van der Waals surface area contributed by atoms with E-state index in [2.05, 4.69) is 0 Å². The maximum absolute atomic E-state index is 12.0. The van der Waals surface area contributed by atoms with Crippen molar-refractivity contribution in [2.45, 2.75) is 12.8 Å². The van der Waals surface area contributed by atoms with Crippen molar-refractivity contribution in [2.24, 2.45) is 0 Å². The Bertz CT molecular complexity index is 567. The van der Waals surface area contributed by atoms with Crippen LogP contribution in [-0.2, 0) is 0 Å². The Hall–Kier alpha value is -1.32. The van der Waals surface area contributed by atoms with Gasteiger partial charge in [0.05, 0.1) is 5.52 Å². The number of aromatic nitrogens is 1. The van der Waals surface area contributed by atoms with Crippen molar-refractivity contribution in [2.75, 3.05) is 11.8 Å². The minimum absolute atomic E-state index is 0.0522. The molecule has 0 saturated carbocycles. The molecule has 19 heavy (non-hydrogen) atoms. The van der Waals surface area contributed by atoms with Crippen molar-refractivity contribution in [3.63, 3.8) is 0 Å². The molecule has 0 aliphatic rings. The van der Waals surface area contributed by atoms with Gasteiger partial charge < -0.3 is 0 Å². The first kappa shape index (κ1) is 14.1. The maximum Gasteiger partial charge on any atom is 0.232 e. The van der Waals surface area contributed by atoms with Crippen LogP contribution in [0.1, 0.15) is 28.0 Å². The van der Waals surface area contributed by atoms with Crippen molar-refractivity contribution in [3.05, 3.63) is 36.0 Å². The highest BCUT2D eigenvalue weighted by Gasteiger charge is 2.17. The third kappa shape index (κ3) is 2.82. The van der Waals surface area contributed by atoms with Crippen LogP contribution in [-0.4, -0.2) is 28.0 Å². The number of rotatable bonds is 5. The summed E-state index contributed by atoms with van der Waals surface area (Å²) in [5.74, 6) is 0.365. The first-order valence-corrected chi connectivity index (χ1v) is 7.04. The molecular formula is C14H13Cl2NO2. The zero-order chi connectivity index (χ0) is 13.8. The molecule has 0 aliphatic heterocycles. The molecule has 0 bridgehead atoms. The van der Waals surface area contributed by atoms with Gasteiger partial charge in [-0.05, 0) is 6.07 Å². The molecule has 0 saturated heterocycles. The van der Waals surface area contributed by atoms with Crippen LogP contribution in [0, 0.1) is 0 Å². The van der Waals surface area contributed by atoms with Crippen molar-refractivity contribution in [1.82, 2.24) is 4.57 Å². The number of carbonyl (C=O) groups is 2. The second-order valence-electron chi connectivity index (χ2n) is 4.12. The Balaban J connectivity index is 2.54. The second-order valence-corrected chi connectivity index (χ2v) is 4.88. The van der Waals surface area contributed by atoms with Gasteiger partial charge in [-0.15, -0.1) is 23.2 Å². The van der Waals surface area contributed by atoms with E-state index in [4.69, 9.17) is 23.2 Å². The van der Waals surface area contributed by atoms with E-state index in [1.165, 1.54) is 4.57 Å². The number of carbonyl (C=O) groups excluding carboxylic acids is 2. The minimum atomic E-state index is -0.115. The molecule has 2 aromatic rings. The number of ketones is 1. The lowest BCUT2D eigenvalue weighted by molar-refractivity contribution is 0.0915. The molecule has 0 aliphatic carbocycles. The Morgan fingerprint density at radius 3 is 2.42 bits per heavy atom. The van der Waals surface area contributed by atoms with E-state index < -0.39 is 0 Å². The molecule has 0 spiro atoms. The highest BCUT2D eigenvalue weighted by Crippen LogP contribution is 2.23. The third-order valence-electron chi connectivity index (χ3n) is 2.91. The third-order valence-corrected chi connectivity index (χ3v) is 3.29.